The van der Waals surface area contributed by atoms with Gasteiger partial charge in [0.2, 0.25) is 0 Å². The van der Waals surface area contributed by atoms with Gasteiger partial charge in [-0.1, -0.05) is 83.2 Å². The number of hydrogen-bond donors (Lipinski definition) is 1. The second-order valence-corrected chi connectivity index (χ2v) is 15.1. The molecule has 1 aliphatic carbocycles. The van der Waals surface area contributed by atoms with E-state index in [4.69, 9.17) is 9.16 Å². The van der Waals surface area contributed by atoms with Gasteiger partial charge in [-0.3, -0.25) is 0 Å². The Balaban J connectivity index is 2.11. The van der Waals surface area contributed by atoms with Crippen LogP contribution in [-0.2, 0) is 20.6 Å². The lowest BCUT2D eigenvalue weighted by atomic mass is 9.83. The quantitative estimate of drug-likeness (QED) is 0.341. The number of carbonyl (C=O) groups is 2. The molecule has 0 radical (unpaired) electrons. The van der Waals surface area contributed by atoms with Gasteiger partial charge in [0.05, 0.1) is 12.1 Å². The van der Waals surface area contributed by atoms with Gasteiger partial charge in [-0.05, 0) is 36.0 Å². The van der Waals surface area contributed by atoms with E-state index >= 15 is 0 Å². The van der Waals surface area contributed by atoms with Crippen LogP contribution in [0.3, 0.4) is 0 Å². The van der Waals surface area contributed by atoms with Crippen molar-refractivity contribution >= 4 is 20.7 Å². The molecule has 174 valence electrons. The smallest absolute Gasteiger partial charge is 0.407 e. The molecular weight excluding hydrogens is 406 g/mol. The Labute approximate surface area is 189 Å². The van der Waals surface area contributed by atoms with Crippen LogP contribution in [0.1, 0.15) is 71.3 Å². The second-order valence-electron chi connectivity index (χ2n) is 10.4. The van der Waals surface area contributed by atoms with Crippen LogP contribution in [-0.4, -0.2) is 32.8 Å². The predicted octanol–water partition coefficient (Wildman–Crippen LogP) is 6.23. The predicted molar refractivity (Wildman–Crippen MR) is 127 cm³/mol. The van der Waals surface area contributed by atoms with Crippen LogP contribution in [0.4, 0.5) is 4.79 Å². The first-order valence-corrected chi connectivity index (χ1v) is 14.6. The van der Waals surface area contributed by atoms with E-state index in [1.807, 2.05) is 30.3 Å². The molecule has 1 aromatic carbocycles. The van der Waals surface area contributed by atoms with Crippen molar-refractivity contribution < 1.29 is 18.8 Å². The van der Waals surface area contributed by atoms with Crippen LogP contribution in [0.5, 0.6) is 0 Å². The molecule has 1 fully saturated rings. The first kappa shape index (κ1) is 25.6. The van der Waals surface area contributed by atoms with Gasteiger partial charge < -0.3 is 19.3 Å². The number of ether oxygens (including phenoxy) is 1. The summed E-state index contributed by atoms with van der Waals surface area (Å²) in [5.41, 5.74) is 0.948. The first-order valence-electron chi connectivity index (χ1n) is 11.7. The molecule has 0 heterocycles. The molecule has 2 rings (SSSR count). The average molecular weight is 448 g/mol. The maximum absolute atomic E-state index is 12.7. The zero-order valence-electron chi connectivity index (χ0n) is 20.0. The number of hydrogen-bond acceptors (Lipinski definition) is 4. The van der Waals surface area contributed by atoms with Gasteiger partial charge in [-0.2, -0.15) is 0 Å². The van der Waals surface area contributed by atoms with Crippen molar-refractivity contribution in [1.82, 2.24) is 5.32 Å². The lowest BCUT2D eigenvalue weighted by Gasteiger charge is -2.42. The first-order chi connectivity index (χ1) is 14.6. The molecule has 0 aromatic heterocycles. The maximum atomic E-state index is 12.7. The van der Waals surface area contributed by atoms with Crippen molar-refractivity contribution in [2.75, 3.05) is 0 Å². The van der Waals surface area contributed by atoms with Gasteiger partial charge in [-0.25, -0.2) is 4.79 Å². The number of nitrogens with one attached hydrogen (secondary N) is 1. The summed E-state index contributed by atoms with van der Waals surface area (Å²) in [6, 6.07) is 9.42. The third kappa shape index (κ3) is 8.41. The summed E-state index contributed by atoms with van der Waals surface area (Å²) in [5.74, 6) is 0.547. The third-order valence-electron chi connectivity index (χ3n) is 6.86. The minimum absolute atomic E-state index is 0.0251. The summed E-state index contributed by atoms with van der Waals surface area (Å²) in [4.78, 5) is 24.2. The van der Waals surface area contributed by atoms with E-state index in [1.54, 1.807) is 0 Å². The number of alkyl carbamates (subject to hydrolysis) is 1. The normalized spacial score (nSPS) is 17.6. The molecule has 2 unspecified atom stereocenters. The molecule has 5 nitrogen and oxygen atoms in total. The Morgan fingerprint density at radius 1 is 1.16 bits per heavy atom. The Kier molecular flexibility index (Phi) is 9.75. The van der Waals surface area contributed by atoms with Crippen LogP contribution < -0.4 is 5.32 Å². The Morgan fingerprint density at radius 3 is 2.39 bits per heavy atom. The van der Waals surface area contributed by atoms with E-state index in [-0.39, 0.29) is 30.2 Å². The van der Waals surface area contributed by atoms with E-state index in [1.165, 1.54) is 32.1 Å². The third-order valence-corrected chi connectivity index (χ3v) is 11.4. The van der Waals surface area contributed by atoms with Crippen molar-refractivity contribution in [2.45, 2.75) is 103 Å². The summed E-state index contributed by atoms with van der Waals surface area (Å²) >= 11 is 0. The molecule has 1 amide bonds. The Morgan fingerprint density at radius 2 is 1.81 bits per heavy atom. The van der Waals surface area contributed by atoms with E-state index in [0.29, 0.717) is 5.92 Å². The second kappa shape index (κ2) is 11.8. The molecule has 6 heteroatoms. The van der Waals surface area contributed by atoms with Crippen LogP contribution in [0.25, 0.3) is 0 Å². The largest absolute Gasteiger partial charge is 0.445 e. The van der Waals surface area contributed by atoms with E-state index < -0.39 is 14.4 Å². The topological polar surface area (TPSA) is 64.6 Å². The van der Waals surface area contributed by atoms with Crippen molar-refractivity contribution in [2.24, 2.45) is 5.92 Å². The summed E-state index contributed by atoms with van der Waals surface area (Å²) in [7, 11) is -2.11. The molecule has 31 heavy (non-hydrogen) atoms. The summed E-state index contributed by atoms with van der Waals surface area (Å²) in [6.07, 6.45) is 7.35. The summed E-state index contributed by atoms with van der Waals surface area (Å²) < 4.78 is 12.1. The van der Waals surface area contributed by atoms with Gasteiger partial charge >= 0.3 is 6.09 Å². The fraction of sp³-hybridized carbons (Fsp3) is 0.680. The number of rotatable bonds is 10. The molecule has 0 bridgehead atoms. The minimum Gasteiger partial charge on any atom is -0.445 e. The Hall–Kier alpha value is -1.66. The number of carbonyl (C=O) groups excluding carboxylic acids is 2. The van der Waals surface area contributed by atoms with Crippen molar-refractivity contribution in [3.8, 4) is 0 Å². The number of aldehydes is 1. The molecule has 1 aliphatic rings. The molecule has 2 atom stereocenters. The fourth-order valence-electron chi connectivity index (χ4n) is 3.95. The van der Waals surface area contributed by atoms with Gasteiger partial charge in [0.15, 0.2) is 8.32 Å². The minimum atomic E-state index is -2.11. The van der Waals surface area contributed by atoms with Crippen LogP contribution in [0, 0.1) is 5.92 Å². The number of benzene rings is 1. The summed E-state index contributed by atoms with van der Waals surface area (Å²) in [6.45, 7) is 11.2. The number of amides is 1. The van der Waals surface area contributed by atoms with Crippen LogP contribution in [0.15, 0.2) is 30.3 Å². The van der Waals surface area contributed by atoms with E-state index in [2.05, 4.69) is 39.2 Å². The van der Waals surface area contributed by atoms with Gasteiger partial charge in [0.25, 0.3) is 0 Å². The molecule has 0 saturated heterocycles. The highest BCUT2D eigenvalue weighted by Gasteiger charge is 2.41. The zero-order chi connectivity index (χ0) is 22.9. The van der Waals surface area contributed by atoms with Crippen LogP contribution in [0.2, 0.25) is 18.1 Å². The van der Waals surface area contributed by atoms with Crippen molar-refractivity contribution in [3.05, 3.63) is 35.9 Å². The Bertz CT molecular complexity index is 681. The van der Waals surface area contributed by atoms with Gasteiger partial charge in [0.1, 0.15) is 12.9 Å². The average Bonchev–Trinajstić information content (AvgIpc) is 2.72. The molecule has 0 spiro atoms. The summed E-state index contributed by atoms with van der Waals surface area (Å²) in [5, 5.41) is 3.10. The van der Waals surface area contributed by atoms with Gasteiger partial charge in [0, 0.05) is 6.42 Å². The lowest BCUT2D eigenvalue weighted by Crippen LogP contribution is -2.52. The maximum Gasteiger partial charge on any atom is 0.407 e. The molecule has 0 aliphatic heterocycles. The standard InChI is InChI=1S/C25H41NO4Si/c1-25(2,3)31(4,5)30-23(16-17-27)22(18-20-12-8-6-9-13-20)26-24(28)29-19-21-14-10-7-11-15-21/h7,10-11,14-15,17,20,22-23H,6,8-9,12-13,16,18-19H2,1-5H3,(H,26,28). The molecule has 1 aromatic rings. The molecule has 1 N–H and O–H groups in total. The molecular formula is C25H41NO4Si. The van der Waals surface area contributed by atoms with Crippen molar-refractivity contribution in [3.63, 3.8) is 0 Å². The van der Waals surface area contributed by atoms with E-state index in [0.717, 1.165) is 18.3 Å². The van der Waals surface area contributed by atoms with Gasteiger partial charge in [-0.15, -0.1) is 0 Å². The van der Waals surface area contributed by atoms with E-state index in [9.17, 15) is 9.59 Å². The lowest BCUT2D eigenvalue weighted by molar-refractivity contribution is -0.109. The highest BCUT2D eigenvalue weighted by molar-refractivity contribution is 6.74. The highest BCUT2D eigenvalue weighted by atomic mass is 28.4. The van der Waals surface area contributed by atoms with Crippen LogP contribution >= 0.6 is 0 Å². The molecule has 1 saturated carbocycles. The van der Waals surface area contributed by atoms with Crippen molar-refractivity contribution in [1.29, 1.82) is 0 Å². The highest BCUT2D eigenvalue weighted by Crippen LogP contribution is 2.38. The zero-order valence-corrected chi connectivity index (χ0v) is 21.0. The fourth-order valence-corrected chi connectivity index (χ4v) is 5.32. The monoisotopic (exact) mass is 447 g/mol. The SMILES string of the molecule is CC(C)(C)[Si](C)(C)OC(CC=O)C(CC1CCCCC1)NC(=O)OCc1ccccc1.